The molecule has 0 bridgehead atoms. The summed E-state index contributed by atoms with van der Waals surface area (Å²) in [6.07, 6.45) is 13.4. The normalized spacial score (nSPS) is 23.4. The van der Waals surface area contributed by atoms with Gasteiger partial charge in [0.05, 0.1) is 17.0 Å². The van der Waals surface area contributed by atoms with Gasteiger partial charge in [0.15, 0.2) is 5.76 Å². The number of hydrogen-bond donors (Lipinski definition) is 1. The predicted octanol–water partition coefficient (Wildman–Crippen LogP) is 5.48. The lowest BCUT2D eigenvalue weighted by molar-refractivity contribution is -0.121. The summed E-state index contributed by atoms with van der Waals surface area (Å²) in [5, 5.41) is 7.25. The van der Waals surface area contributed by atoms with Gasteiger partial charge in [-0.25, -0.2) is 9.97 Å². The molecule has 0 saturated heterocycles. The van der Waals surface area contributed by atoms with E-state index >= 15 is 0 Å². The molecule has 32 heavy (non-hydrogen) atoms. The summed E-state index contributed by atoms with van der Waals surface area (Å²) in [4.78, 5) is 22.0. The molecule has 0 radical (unpaired) electrons. The monoisotopic (exact) mass is 436 g/mol. The first kappa shape index (κ1) is 22.7. The largest absolute Gasteiger partial charge is 0.356 e. The van der Waals surface area contributed by atoms with Crippen molar-refractivity contribution in [3.05, 3.63) is 41.6 Å². The molecule has 0 unspecified atom stereocenters. The minimum Gasteiger partial charge on any atom is -0.356 e. The summed E-state index contributed by atoms with van der Waals surface area (Å²) in [7, 11) is 0. The molecule has 4 rings (SSSR count). The highest BCUT2D eigenvalue weighted by atomic mass is 16.5. The summed E-state index contributed by atoms with van der Waals surface area (Å²) in [6, 6.07) is 1.96. The van der Waals surface area contributed by atoms with Crippen LogP contribution in [0, 0.1) is 18.8 Å². The number of carbonyl (C=O) groups excluding carboxylic acids is 1. The number of allylic oxidation sites excluding steroid dienone is 2. The number of hydrogen-bond acceptors (Lipinski definition) is 5. The van der Waals surface area contributed by atoms with E-state index in [2.05, 4.69) is 48.4 Å². The Kier molecular flexibility index (Phi) is 6.77. The van der Waals surface area contributed by atoms with Crippen LogP contribution in [0.25, 0.3) is 11.3 Å². The molecular formula is C26H36N4O2. The maximum atomic E-state index is 12.3. The Morgan fingerprint density at radius 2 is 1.97 bits per heavy atom. The van der Waals surface area contributed by atoms with E-state index in [4.69, 9.17) is 9.51 Å². The second-order valence-corrected chi connectivity index (χ2v) is 10.6. The molecule has 2 aliphatic carbocycles. The Morgan fingerprint density at radius 1 is 1.19 bits per heavy atom. The topological polar surface area (TPSA) is 80.9 Å². The van der Waals surface area contributed by atoms with Crippen LogP contribution in [0.15, 0.2) is 28.9 Å². The number of carbonyl (C=O) groups is 1. The van der Waals surface area contributed by atoms with E-state index in [9.17, 15) is 4.79 Å². The average Bonchev–Trinajstić information content (AvgIpc) is 3.43. The van der Waals surface area contributed by atoms with Gasteiger partial charge in [-0.1, -0.05) is 38.1 Å². The van der Waals surface area contributed by atoms with Crippen LogP contribution in [0.3, 0.4) is 0 Å². The molecule has 0 aliphatic heterocycles. The van der Waals surface area contributed by atoms with Crippen LogP contribution < -0.4 is 5.32 Å². The molecule has 0 spiro atoms. The zero-order chi connectivity index (χ0) is 22.7. The molecule has 0 aromatic carbocycles. The molecule has 1 saturated carbocycles. The van der Waals surface area contributed by atoms with Crippen molar-refractivity contribution in [1.29, 1.82) is 0 Å². The summed E-state index contributed by atoms with van der Waals surface area (Å²) in [5.74, 6) is 3.14. The highest BCUT2D eigenvalue weighted by molar-refractivity contribution is 5.76. The van der Waals surface area contributed by atoms with Gasteiger partial charge in [-0.3, -0.25) is 4.79 Å². The minimum absolute atomic E-state index is 0.111. The lowest BCUT2D eigenvalue weighted by Crippen LogP contribution is -2.32. The third-order valence-corrected chi connectivity index (χ3v) is 6.76. The zero-order valence-corrected chi connectivity index (χ0v) is 19.9. The van der Waals surface area contributed by atoms with Crippen molar-refractivity contribution in [2.45, 2.75) is 84.0 Å². The molecule has 6 heteroatoms. The number of rotatable bonds is 6. The van der Waals surface area contributed by atoms with Crippen LogP contribution in [-0.2, 0) is 10.2 Å². The first-order valence-electron chi connectivity index (χ1n) is 12.0. The highest BCUT2D eigenvalue weighted by Gasteiger charge is 2.29. The first-order valence-corrected chi connectivity index (χ1v) is 12.0. The van der Waals surface area contributed by atoms with Gasteiger partial charge in [-0.2, -0.15) is 0 Å². The highest BCUT2D eigenvalue weighted by Crippen LogP contribution is 2.39. The number of aryl methyl sites for hydroxylation is 1. The fourth-order valence-electron chi connectivity index (χ4n) is 4.82. The molecule has 2 heterocycles. The third kappa shape index (κ3) is 5.45. The van der Waals surface area contributed by atoms with E-state index in [-0.39, 0.29) is 11.3 Å². The van der Waals surface area contributed by atoms with Gasteiger partial charge in [0.2, 0.25) is 5.91 Å². The van der Waals surface area contributed by atoms with Gasteiger partial charge in [0, 0.05) is 36.6 Å². The van der Waals surface area contributed by atoms with E-state index in [1.807, 2.05) is 19.2 Å². The molecule has 2 aromatic rings. The number of nitrogens with zero attached hydrogens (tertiary/aromatic N) is 3. The molecule has 2 aliphatic rings. The molecule has 1 amide bonds. The molecule has 2 aromatic heterocycles. The summed E-state index contributed by atoms with van der Waals surface area (Å²) in [6.45, 7) is 9.15. The Bertz CT molecular complexity index is 964. The number of nitrogens with one attached hydrogen (secondary N) is 1. The number of amides is 1. The van der Waals surface area contributed by atoms with Crippen molar-refractivity contribution in [1.82, 2.24) is 20.4 Å². The Hall–Kier alpha value is -2.50. The minimum atomic E-state index is -0.111. The lowest BCUT2D eigenvalue weighted by Gasteiger charge is -2.30. The quantitative estimate of drug-likeness (QED) is 0.606. The van der Waals surface area contributed by atoms with E-state index < -0.39 is 0 Å². The van der Waals surface area contributed by atoms with Gasteiger partial charge in [0.25, 0.3) is 0 Å². The van der Waals surface area contributed by atoms with Crippen LogP contribution in [0.2, 0.25) is 0 Å². The average molecular weight is 437 g/mol. The van der Waals surface area contributed by atoms with Crippen LogP contribution in [-0.4, -0.2) is 27.6 Å². The molecule has 1 atom stereocenters. The fraction of sp³-hybridized carbons (Fsp3) is 0.615. The first-order chi connectivity index (χ1) is 15.3. The molecular weight excluding hydrogens is 400 g/mol. The molecule has 6 nitrogen and oxygen atoms in total. The maximum Gasteiger partial charge on any atom is 0.220 e. The third-order valence-electron chi connectivity index (χ3n) is 6.76. The van der Waals surface area contributed by atoms with Crippen LogP contribution in [0.4, 0.5) is 0 Å². The van der Waals surface area contributed by atoms with Gasteiger partial charge in [-0.05, 0) is 57.3 Å². The molecule has 1 N–H and O–H groups in total. The van der Waals surface area contributed by atoms with Gasteiger partial charge in [0.1, 0.15) is 5.82 Å². The SMILES string of the molecule is Cc1cc(-c2cnc(C(C)(C)C)nc2C2CCC(CNC(=O)C[C@H]3C=CCC3)CC2)on1. The van der Waals surface area contributed by atoms with Gasteiger partial charge >= 0.3 is 0 Å². The predicted molar refractivity (Wildman–Crippen MR) is 125 cm³/mol. The van der Waals surface area contributed by atoms with E-state index in [0.717, 1.165) is 73.6 Å². The smallest absolute Gasteiger partial charge is 0.220 e. The maximum absolute atomic E-state index is 12.3. The van der Waals surface area contributed by atoms with Crippen molar-refractivity contribution < 1.29 is 9.32 Å². The molecule has 172 valence electrons. The second kappa shape index (κ2) is 9.55. The van der Waals surface area contributed by atoms with Crippen molar-refractivity contribution in [2.75, 3.05) is 6.54 Å². The van der Waals surface area contributed by atoms with Gasteiger partial charge < -0.3 is 9.84 Å². The van der Waals surface area contributed by atoms with E-state index in [0.29, 0.717) is 24.2 Å². The summed E-state index contributed by atoms with van der Waals surface area (Å²) < 4.78 is 5.57. The number of aromatic nitrogens is 3. The van der Waals surface area contributed by atoms with Crippen molar-refractivity contribution >= 4 is 5.91 Å². The second-order valence-electron chi connectivity index (χ2n) is 10.6. The van der Waals surface area contributed by atoms with Crippen molar-refractivity contribution in [3.63, 3.8) is 0 Å². The van der Waals surface area contributed by atoms with Crippen LogP contribution >= 0.6 is 0 Å². The van der Waals surface area contributed by atoms with Crippen molar-refractivity contribution in [2.24, 2.45) is 11.8 Å². The van der Waals surface area contributed by atoms with E-state index in [1.165, 1.54) is 0 Å². The molecule has 1 fully saturated rings. The summed E-state index contributed by atoms with van der Waals surface area (Å²) >= 11 is 0. The Balaban J connectivity index is 1.40. The Labute approximate surface area is 191 Å². The fourth-order valence-corrected chi connectivity index (χ4v) is 4.82. The lowest BCUT2D eigenvalue weighted by atomic mass is 9.79. The van der Waals surface area contributed by atoms with Crippen LogP contribution in [0.5, 0.6) is 0 Å². The van der Waals surface area contributed by atoms with Gasteiger partial charge in [-0.15, -0.1) is 0 Å². The summed E-state index contributed by atoms with van der Waals surface area (Å²) in [5.41, 5.74) is 2.79. The Morgan fingerprint density at radius 3 is 2.59 bits per heavy atom. The standard InChI is InChI=1S/C26H36N4O2/c1-17-13-22(32-30-17)21-16-28-25(26(2,3)4)29-24(21)20-11-9-19(10-12-20)15-27-23(31)14-18-7-5-6-8-18/h5,7,13,16,18-20H,6,8-12,14-15H2,1-4H3,(H,27,31)/t18-,19?,20?/m0/s1. The van der Waals surface area contributed by atoms with Crippen molar-refractivity contribution in [3.8, 4) is 11.3 Å². The van der Waals surface area contributed by atoms with Crippen LogP contribution in [0.1, 0.15) is 88.8 Å². The zero-order valence-electron chi connectivity index (χ0n) is 19.9. The van der Waals surface area contributed by atoms with E-state index in [1.54, 1.807) is 0 Å².